The Balaban J connectivity index is 3.29. The maximum absolute atomic E-state index is 14.1. The summed E-state index contributed by atoms with van der Waals surface area (Å²) in [5, 5.41) is 57.2. The minimum Gasteiger partial charge on any atom is -0.481 e. The molecule has 0 aromatic heterocycles. The minimum absolute atomic E-state index is 0.00770. The predicted octanol–water partition coefficient (Wildman–Crippen LogP) is -1.53. The Morgan fingerprint density at radius 2 is 0.971 bits per heavy atom. The van der Waals surface area contributed by atoms with Crippen LogP contribution in [0.25, 0.3) is 0 Å². The van der Waals surface area contributed by atoms with Crippen molar-refractivity contribution < 1.29 is 68.4 Å². The lowest BCUT2D eigenvalue weighted by atomic mass is 9.99. The molecule has 1 rings (SSSR count). The van der Waals surface area contributed by atoms with Crippen molar-refractivity contribution in [2.24, 2.45) is 35.3 Å². The first-order valence-corrected chi connectivity index (χ1v) is 23.4. The number of hydrogen-bond acceptors (Lipinski definition) is 13. The second-order valence-corrected chi connectivity index (χ2v) is 19.7. The SMILES string of the molecule is CC(C)C[C@H](NC(=O)[C@H](CO)NC(=O)[C@H](CC(C)C)NC(=O)[C@@H]1CCCN1C(=O)[C@@H](NC(=O)[C@@H](NC(=O)[C@H](CC(=O)O)NC(=O)[C@H](CC(C)C)NC(=O)[C@@H](N)CC(C)C)C(C)C)[C@@H](C)O)C(=O)O. The van der Waals surface area contributed by atoms with Crippen molar-refractivity contribution in [3.05, 3.63) is 0 Å². The standard InChI is InChI=1S/C45H79N9O14/c1-21(2)15-27(46)37(59)47-28(16-22(3)4)38(60)48-30(19-34(57)58)40(62)52-35(25(9)10)43(65)53-36(26(11)56)44(66)54-14-12-13-33(54)42(64)49-29(17-23(5)6)39(61)51-32(20-55)41(63)50-31(45(67)68)18-24(7)8/h21-33,35-36,55-56H,12-20,46H2,1-11H3,(H,47,59)(H,48,60)(H,49,64)(H,50,63)(H,51,61)(H,52,62)(H,53,65)(H,57,58)(H,67,68)/t26-,27+,28+,29+,30+,31+,32+,33+,35+,36+/m1/s1. The van der Waals surface area contributed by atoms with E-state index in [0.717, 1.165) is 4.90 Å². The lowest BCUT2D eigenvalue weighted by molar-refractivity contribution is -0.145. The molecule has 0 spiro atoms. The van der Waals surface area contributed by atoms with Crippen molar-refractivity contribution in [1.82, 2.24) is 42.1 Å². The molecule has 0 unspecified atom stereocenters. The first-order chi connectivity index (χ1) is 31.5. The highest BCUT2D eigenvalue weighted by molar-refractivity contribution is 5.99. The van der Waals surface area contributed by atoms with Gasteiger partial charge in [0.2, 0.25) is 47.3 Å². The Hall–Kier alpha value is -5.42. The van der Waals surface area contributed by atoms with Crippen LogP contribution in [0.4, 0.5) is 0 Å². The molecule has 0 aromatic carbocycles. The third-order valence-electron chi connectivity index (χ3n) is 11.0. The summed E-state index contributed by atoms with van der Waals surface area (Å²) in [5.41, 5.74) is 6.02. The summed E-state index contributed by atoms with van der Waals surface area (Å²) in [7, 11) is 0. The van der Waals surface area contributed by atoms with E-state index in [1.807, 2.05) is 13.8 Å². The summed E-state index contributed by atoms with van der Waals surface area (Å²) < 4.78 is 0. The second kappa shape index (κ2) is 28.8. The van der Waals surface area contributed by atoms with Gasteiger partial charge in [0.15, 0.2) is 0 Å². The molecule has 1 aliphatic heterocycles. The van der Waals surface area contributed by atoms with Crippen LogP contribution in [0, 0.1) is 29.6 Å². The highest BCUT2D eigenvalue weighted by Crippen LogP contribution is 2.21. The van der Waals surface area contributed by atoms with E-state index in [1.54, 1.807) is 55.4 Å². The van der Waals surface area contributed by atoms with E-state index in [4.69, 9.17) is 5.73 Å². The Kier molecular flexibility index (Phi) is 25.7. The second-order valence-electron chi connectivity index (χ2n) is 19.7. The number of carbonyl (C=O) groups excluding carboxylic acids is 8. The number of hydrogen-bond donors (Lipinski definition) is 12. The lowest BCUT2D eigenvalue weighted by Crippen LogP contribution is -2.62. The van der Waals surface area contributed by atoms with Crippen LogP contribution < -0.4 is 43.0 Å². The number of nitrogens with one attached hydrogen (secondary N) is 7. The zero-order chi connectivity index (χ0) is 52.3. The summed E-state index contributed by atoms with van der Waals surface area (Å²) in [6.45, 7) is 17.8. The number of carbonyl (C=O) groups is 10. The third-order valence-corrected chi connectivity index (χ3v) is 11.0. The number of nitrogens with zero attached hydrogens (tertiary/aromatic N) is 1. The molecule has 8 amide bonds. The number of aliphatic hydroxyl groups is 2. The quantitative estimate of drug-likeness (QED) is 0.0405. The van der Waals surface area contributed by atoms with Crippen LogP contribution in [-0.4, -0.2) is 158 Å². The summed E-state index contributed by atoms with van der Waals surface area (Å²) in [6.07, 6.45) is -1.44. The Morgan fingerprint density at radius 3 is 1.43 bits per heavy atom. The number of rotatable bonds is 29. The summed E-state index contributed by atoms with van der Waals surface area (Å²) in [6, 6.07) is -12.3. The van der Waals surface area contributed by atoms with E-state index in [2.05, 4.69) is 37.2 Å². The molecule has 0 saturated carbocycles. The van der Waals surface area contributed by atoms with E-state index in [0.29, 0.717) is 12.8 Å². The maximum Gasteiger partial charge on any atom is 0.326 e. The van der Waals surface area contributed by atoms with Gasteiger partial charge in [-0.2, -0.15) is 0 Å². The van der Waals surface area contributed by atoms with Gasteiger partial charge in [0.05, 0.1) is 25.2 Å². The van der Waals surface area contributed by atoms with Gasteiger partial charge in [-0.05, 0) is 75.0 Å². The Morgan fingerprint density at radius 1 is 0.544 bits per heavy atom. The lowest BCUT2D eigenvalue weighted by Gasteiger charge is -2.32. The van der Waals surface area contributed by atoms with E-state index < -0.39 is 139 Å². The topological polar surface area (TPSA) is 365 Å². The van der Waals surface area contributed by atoms with Crippen molar-refractivity contribution in [3.63, 3.8) is 0 Å². The monoisotopic (exact) mass is 970 g/mol. The summed E-state index contributed by atoms with van der Waals surface area (Å²) in [5.74, 6) is -10.8. The van der Waals surface area contributed by atoms with Gasteiger partial charge in [0.25, 0.3) is 0 Å². The molecule has 1 fully saturated rings. The molecule has 1 aliphatic rings. The molecule has 0 aromatic rings. The van der Waals surface area contributed by atoms with Crippen molar-refractivity contribution >= 4 is 59.2 Å². The first kappa shape index (κ1) is 60.6. The van der Waals surface area contributed by atoms with E-state index in [1.165, 1.54) is 6.92 Å². The highest BCUT2D eigenvalue weighted by atomic mass is 16.4. The van der Waals surface area contributed by atoms with Crippen molar-refractivity contribution in [2.45, 2.75) is 182 Å². The molecule has 1 saturated heterocycles. The molecule has 68 heavy (non-hydrogen) atoms. The van der Waals surface area contributed by atoms with Crippen LogP contribution >= 0.6 is 0 Å². The van der Waals surface area contributed by atoms with Crippen LogP contribution in [0.2, 0.25) is 0 Å². The highest BCUT2D eigenvalue weighted by Gasteiger charge is 2.42. The first-order valence-electron chi connectivity index (χ1n) is 23.4. The normalized spacial score (nSPS) is 17.8. The van der Waals surface area contributed by atoms with Crippen molar-refractivity contribution in [1.29, 1.82) is 0 Å². The zero-order valence-corrected chi connectivity index (χ0v) is 41.4. The van der Waals surface area contributed by atoms with Gasteiger partial charge in [0, 0.05) is 6.54 Å². The molecule has 13 N–H and O–H groups in total. The minimum atomic E-state index is -1.73. The number of likely N-dealkylation sites (tertiary alicyclic amines) is 1. The molecular weight excluding hydrogens is 891 g/mol. The fraction of sp³-hybridized carbons (Fsp3) is 0.778. The molecule has 0 radical (unpaired) electrons. The van der Waals surface area contributed by atoms with Crippen LogP contribution in [-0.2, 0) is 47.9 Å². The van der Waals surface area contributed by atoms with Crippen LogP contribution in [0.1, 0.15) is 121 Å². The zero-order valence-electron chi connectivity index (χ0n) is 41.4. The number of carboxylic acid groups (broad SMARTS) is 2. The number of amides is 8. The molecule has 388 valence electrons. The number of aliphatic carboxylic acids is 2. The molecule has 23 heteroatoms. The summed E-state index contributed by atoms with van der Waals surface area (Å²) in [4.78, 5) is 133. The largest absolute Gasteiger partial charge is 0.481 e. The van der Waals surface area contributed by atoms with Gasteiger partial charge in [-0.3, -0.25) is 43.2 Å². The van der Waals surface area contributed by atoms with Gasteiger partial charge in [-0.15, -0.1) is 0 Å². The Labute approximate surface area is 399 Å². The third kappa shape index (κ3) is 20.4. The van der Waals surface area contributed by atoms with E-state index in [9.17, 15) is 68.4 Å². The predicted molar refractivity (Wildman–Crippen MR) is 248 cm³/mol. The van der Waals surface area contributed by atoms with Crippen LogP contribution in [0.3, 0.4) is 0 Å². The van der Waals surface area contributed by atoms with Gasteiger partial charge in [-0.1, -0.05) is 69.2 Å². The fourth-order valence-electron chi connectivity index (χ4n) is 7.56. The average Bonchev–Trinajstić information content (AvgIpc) is 3.71. The maximum atomic E-state index is 14.1. The number of aliphatic hydroxyl groups excluding tert-OH is 2. The fourth-order valence-corrected chi connectivity index (χ4v) is 7.56. The van der Waals surface area contributed by atoms with Gasteiger partial charge < -0.3 is 68.3 Å². The van der Waals surface area contributed by atoms with E-state index >= 15 is 0 Å². The number of carboxylic acids is 2. The average molecular weight is 970 g/mol. The van der Waals surface area contributed by atoms with Crippen molar-refractivity contribution in [3.8, 4) is 0 Å². The molecule has 23 nitrogen and oxygen atoms in total. The molecule has 0 aliphatic carbocycles. The van der Waals surface area contributed by atoms with Gasteiger partial charge in [0.1, 0.15) is 48.3 Å². The smallest absolute Gasteiger partial charge is 0.326 e. The molecule has 1 heterocycles. The number of nitrogens with two attached hydrogens (primary N) is 1. The van der Waals surface area contributed by atoms with E-state index in [-0.39, 0.29) is 55.9 Å². The molecule has 10 atom stereocenters. The van der Waals surface area contributed by atoms with Crippen molar-refractivity contribution in [2.75, 3.05) is 13.2 Å². The Bertz CT molecular complexity index is 1760. The van der Waals surface area contributed by atoms with Gasteiger partial charge in [-0.25, -0.2) is 4.79 Å². The van der Waals surface area contributed by atoms with Gasteiger partial charge >= 0.3 is 11.9 Å². The van der Waals surface area contributed by atoms with Crippen LogP contribution in [0.5, 0.6) is 0 Å². The summed E-state index contributed by atoms with van der Waals surface area (Å²) >= 11 is 0. The molecule has 0 bridgehead atoms. The molecular formula is C45H79N9O14. The van der Waals surface area contributed by atoms with Crippen LogP contribution in [0.15, 0.2) is 0 Å².